The topological polar surface area (TPSA) is 78.8 Å². The molecule has 2 heterocycles. The van der Waals surface area contributed by atoms with E-state index in [-0.39, 0.29) is 10.8 Å². The summed E-state index contributed by atoms with van der Waals surface area (Å²) in [5, 5.41) is 3.42. The molecule has 0 bridgehead atoms. The molecule has 27 heavy (non-hydrogen) atoms. The lowest BCUT2D eigenvalue weighted by Gasteiger charge is -2.36. The van der Waals surface area contributed by atoms with Gasteiger partial charge in [-0.05, 0) is 49.6 Å². The molecular formula is C19H18ClN3O3S. The number of likely N-dealkylation sites (tertiary alicyclic amines) is 1. The highest BCUT2D eigenvalue weighted by atomic mass is 35.5. The minimum atomic E-state index is -3.72. The fraction of sp³-hybridized carbons (Fsp3) is 0.263. The second-order valence-electron chi connectivity index (χ2n) is 6.59. The Balaban J connectivity index is 1.65. The van der Waals surface area contributed by atoms with Crippen LogP contribution in [-0.4, -0.2) is 37.6 Å². The zero-order valence-electron chi connectivity index (χ0n) is 14.4. The van der Waals surface area contributed by atoms with Crippen molar-refractivity contribution in [2.24, 2.45) is 4.40 Å². The molecule has 0 aromatic heterocycles. The molecule has 1 saturated heterocycles. The molecule has 2 aromatic carbocycles. The van der Waals surface area contributed by atoms with Crippen LogP contribution < -0.4 is 5.32 Å². The molecule has 0 unspecified atom stereocenters. The minimum absolute atomic E-state index is 0.193. The summed E-state index contributed by atoms with van der Waals surface area (Å²) < 4.78 is 28.7. The zero-order chi connectivity index (χ0) is 19.0. The quantitative estimate of drug-likeness (QED) is 0.834. The first-order valence-electron chi connectivity index (χ1n) is 8.73. The van der Waals surface area contributed by atoms with Crippen LogP contribution in [0.15, 0.2) is 57.8 Å². The zero-order valence-corrected chi connectivity index (χ0v) is 16.0. The van der Waals surface area contributed by atoms with Crippen molar-refractivity contribution in [3.8, 4) is 0 Å². The Hall–Kier alpha value is -2.38. The van der Waals surface area contributed by atoms with Crippen LogP contribution in [0.4, 0.5) is 5.69 Å². The summed E-state index contributed by atoms with van der Waals surface area (Å²) in [4.78, 5) is 14.9. The number of nitrogens with zero attached hydrogens (tertiary/aromatic N) is 2. The van der Waals surface area contributed by atoms with E-state index in [1.165, 1.54) is 0 Å². The van der Waals surface area contributed by atoms with Crippen LogP contribution in [0.5, 0.6) is 0 Å². The van der Waals surface area contributed by atoms with Crippen molar-refractivity contribution in [3.63, 3.8) is 0 Å². The number of amides is 1. The van der Waals surface area contributed by atoms with Crippen LogP contribution in [0.3, 0.4) is 0 Å². The molecule has 0 saturated carbocycles. The van der Waals surface area contributed by atoms with Gasteiger partial charge in [0.1, 0.15) is 10.9 Å². The van der Waals surface area contributed by atoms with Gasteiger partial charge >= 0.3 is 0 Å². The normalized spacial score (nSPS) is 20.7. The third-order valence-corrected chi connectivity index (χ3v) is 6.34. The Morgan fingerprint density at radius 2 is 1.96 bits per heavy atom. The predicted molar refractivity (Wildman–Crippen MR) is 105 cm³/mol. The highest BCUT2D eigenvalue weighted by molar-refractivity contribution is 7.90. The van der Waals surface area contributed by atoms with Gasteiger partial charge in [0.25, 0.3) is 10.0 Å². The Morgan fingerprint density at radius 1 is 1.15 bits per heavy atom. The molecule has 2 aliphatic heterocycles. The number of hydrogen-bond donors (Lipinski definition) is 1. The lowest BCUT2D eigenvalue weighted by atomic mass is 9.99. The molecule has 6 nitrogen and oxygen atoms in total. The molecule has 1 amide bonds. The van der Waals surface area contributed by atoms with E-state index in [4.69, 9.17) is 11.6 Å². The molecule has 0 radical (unpaired) electrons. The van der Waals surface area contributed by atoms with E-state index < -0.39 is 16.1 Å². The van der Waals surface area contributed by atoms with Crippen LogP contribution in [0.1, 0.15) is 24.8 Å². The number of carbonyl (C=O) groups is 1. The van der Waals surface area contributed by atoms with Gasteiger partial charge in [-0.3, -0.25) is 4.79 Å². The summed E-state index contributed by atoms with van der Waals surface area (Å²) in [5.74, 6) is 0.165. The van der Waals surface area contributed by atoms with Gasteiger partial charge in [0.2, 0.25) is 5.91 Å². The largest absolute Gasteiger partial charge is 0.343 e. The van der Waals surface area contributed by atoms with Gasteiger partial charge in [-0.1, -0.05) is 29.8 Å². The van der Waals surface area contributed by atoms with E-state index in [0.29, 0.717) is 35.1 Å². The van der Waals surface area contributed by atoms with E-state index in [9.17, 15) is 13.2 Å². The number of piperidine rings is 1. The van der Waals surface area contributed by atoms with E-state index in [2.05, 4.69) is 9.71 Å². The molecule has 1 fully saturated rings. The molecule has 0 spiro atoms. The van der Waals surface area contributed by atoms with E-state index in [0.717, 1.165) is 12.8 Å². The van der Waals surface area contributed by atoms with Crippen molar-refractivity contribution in [3.05, 3.63) is 59.1 Å². The second kappa shape index (κ2) is 6.98. The van der Waals surface area contributed by atoms with Crippen molar-refractivity contribution >= 4 is 39.1 Å². The average Bonchev–Trinajstić information content (AvgIpc) is 2.93. The second-order valence-corrected chi connectivity index (χ2v) is 8.60. The van der Waals surface area contributed by atoms with Crippen molar-refractivity contribution in [2.45, 2.75) is 30.2 Å². The van der Waals surface area contributed by atoms with Crippen molar-refractivity contribution < 1.29 is 13.2 Å². The SMILES string of the molecule is O=C(Nc1cccc(Cl)c1)[C@@H]1CCCCN1C1=NS(=O)(=O)c2ccccc21. The number of anilines is 1. The van der Waals surface area contributed by atoms with E-state index in [1.807, 2.05) is 4.90 Å². The van der Waals surface area contributed by atoms with Gasteiger partial charge in [0.15, 0.2) is 5.84 Å². The van der Waals surface area contributed by atoms with Crippen LogP contribution in [-0.2, 0) is 14.8 Å². The van der Waals surface area contributed by atoms with Crippen molar-refractivity contribution in [2.75, 3.05) is 11.9 Å². The molecule has 4 rings (SSSR count). The monoisotopic (exact) mass is 403 g/mol. The molecule has 1 N–H and O–H groups in total. The molecule has 2 aromatic rings. The lowest BCUT2D eigenvalue weighted by molar-refractivity contribution is -0.120. The summed E-state index contributed by atoms with van der Waals surface area (Å²) in [7, 11) is -3.72. The first-order valence-corrected chi connectivity index (χ1v) is 10.5. The van der Waals surface area contributed by atoms with Gasteiger partial charge in [0.05, 0.1) is 0 Å². The summed E-state index contributed by atoms with van der Waals surface area (Å²) in [5.41, 5.74) is 1.17. The maximum absolute atomic E-state index is 12.9. The first kappa shape index (κ1) is 18.0. The fourth-order valence-electron chi connectivity index (χ4n) is 3.55. The smallest absolute Gasteiger partial charge is 0.285 e. The molecule has 140 valence electrons. The van der Waals surface area contributed by atoms with E-state index in [1.54, 1.807) is 48.5 Å². The minimum Gasteiger partial charge on any atom is -0.343 e. The fourth-order valence-corrected chi connectivity index (χ4v) is 4.95. The summed E-state index contributed by atoms with van der Waals surface area (Å²) in [6, 6.07) is 13.2. The Labute approximate surface area is 162 Å². The number of fused-ring (bicyclic) bond motifs is 1. The number of hydrogen-bond acceptors (Lipinski definition) is 4. The van der Waals surface area contributed by atoms with Gasteiger partial charge in [-0.15, -0.1) is 4.40 Å². The predicted octanol–water partition coefficient (Wildman–Crippen LogP) is 3.28. The number of amidine groups is 1. The Bertz CT molecular complexity index is 1040. The third-order valence-electron chi connectivity index (χ3n) is 4.78. The first-order chi connectivity index (χ1) is 13.0. The molecular weight excluding hydrogens is 386 g/mol. The van der Waals surface area contributed by atoms with Gasteiger partial charge in [0, 0.05) is 22.8 Å². The van der Waals surface area contributed by atoms with Gasteiger partial charge in [-0.25, -0.2) is 0 Å². The van der Waals surface area contributed by atoms with Crippen LogP contribution >= 0.6 is 11.6 Å². The summed E-state index contributed by atoms with van der Waals surface area (Å²) >= 11 is 5.99. The number of halogens is 1. The maximum atomic E-state index is 12.9. The summed E-state index contributed by atoms with van der Waals surface area (Å²) in [6.45, 7) is 0.580. The standard InChI is InChI=1S/C19H18ClN3O3S/c20-13-6-5-7-14(12-13)21-19(24)16-9-3-4-11-23(16)18-15-8-1-2-10-17(15)27(25,26)22-18/h1-2,5-8,10,12,16H,3-4,9,11H2,(H,21,24)/t16-/m0/s1. The van der Waals surface area contributed by atoms with Crippen molar-refractivity contribution in [1.29, 1.82) is 0 Å². The highest BCUT2D eigenvalue weighted by Gasteiger charge is 2.37. The molecule has 2 aliphatic rings. The number of carbonyl (C=O) groups excluding carboxylic acids is 1. The van der Waals surface area contributed by atoms with E-state index >= 15 is 0 Å². The number of benzene rings is 2. The molecule has 8 heteroatoms. The maximum Gasteiger partial charge on any atom is 0.285 e. The van der Waals surface area contributed by atoms with Crippen LogP contribution in [0.2, 0.25) is 5.02 Å². The molecule has 0 aliphatic carbocycles. The van der Waals surface area contributed by atoms with Crippen LogP contribution in [0.25, 0.3) is 0 Å². The lowest BCUT2D eigenvalue weighted by Crippen LogP contribution is -2.50. The van der Waals surface area contributed by atoms with Crippen molar-refractivity contribution in [1.82, 2.24) is 4.90 Å². The van der Waals surface area contributed by atoms with Crippen LogP contribution in [0, 0.1) is 0 Å². The Morgan fingerprint density at radius 3 is 2.78 bits per heavy atom. The summed E-state index contributed by atoms with van der Waals surface area (Å²) in [6.07, 6.45) is 2.40. The number of rotatable bonds is 2. The Kier molecular flexibility index (Phi) is 4.65. The number of nitrogens with one attached hydrogen (secondary N) is 1. The van der Waals surface area contributed by atoms with Gasteiger partial charge < -0.3 is 10.2 Å². The highest BCUT2D eigenvalue weighted by Crippen LogP contribution is 2.31. The third kappa shape index (κ3) is 3.44. The van der Waals surface area contributed by atoms with Gasteiger partial charge in [-0.2, -0.15) is 8.42 Å². The number of sulfonamides is 1. The average molecular weight is 404 g/mol. The molecule has 1 atom stereocenters.